The predicted octanol–water partition coefficient (Wildman–Crippen LogP) is 0.866. The largest absolute Gasteiger partial charge is 0.477 e. The van der Waals surface area contributed by atoms with E-state index in [9.17, 15) is 4.79 Å². The zero-order valence-electron chi connectivity index (χ0n) is 8.27. The van der Waals surface area contributed by atoms with Crippen LogP contribution in [-0.2, 0) is 4.74 Å². The van der Waals surface area contributed by atoms with Crippen molar-refractivity contribution in [3.63, 3.8) is 0 Å². The van der Waals surface area contributed by atoms with Crippen molar-refractivity contribution < 1.29 is 19.4 Å². The van der Waals surface area contributed by atoms with E-state index >= 15 is 0 Å². The summed E-state index contributed by atoms with van der Waals surface area (Å²) in [4.78, 5) is 14.9. The van der Waals surface area contributed by atoms with Crippen LogP contribution in [0.5, 0.6) is 5.88 Å². The lowest BCUT2D eigenvalue weighted by Crippen LogP contribution is -2.39. The van der Waals surface area contributed by atoms with E-state index in [1.807, 2.05) is 0 Å². The number of carbonyl (C=O) groups is 1. The molecule has 1 fully saturated rings. The second-order valence-electron chi connectivity index (χ2n) is 3.39. The van der Waals surface area contributed by atoms with Crippen LogP contribution in [0.3, 0.4) is 0 Å². The normalized spacial score (nSPS) is 15.8. The van der Waals surface area contributed by atoms with Gasteiger partial charge in [-0.2, -0.15) is 0 Å². The first kappa shape index (κ1) is 9.92. The molecular formula is C10H11NO4. The number of hydrogen-bond donors (Lipinski definition) is 1. The van der Waals surface area contributed by atoms with E-state index in [0.717, 1.165) is 0 Å². The van der Waals surface area contributed by atoms with Crippen LogP contribution >= 0.6 is 0 Å². The van der Waals surface area contributed by atoms with Gasteiger partial charge in [0.15, 0.2) is 0 Å². The second kappa shape index (κ2) is 3.86. The number of hydrogen-bond acceptors (Lipinski definition) is 4. The van der Waals surface area contributed by atoms with Gasteiger partial charge in [-0.05, 0) is 18.6 Å². The molecule has 1 saturated heterocycles. The van der Waals surface area contributed by atoms with Crippen molar-refractivity contribution in [2.24, 2.45) is 0 Å². The molecule has 5 heteroatoms. The van der Waals surface area contributed by atoms with Gasteiger partial charge in [0.1, 0.15) is 11.7 Å². The van der Waals surface area contributed by atoms with E-state index in [4.69, 9.17) is 14.6 Å². The fraction of sp³-hybridized carbons (Fsp3) is 0.400. The Balaban J connectivity index is 2.27. The van der Waals surface area contributed by atoms with Gasteiger partial charge in [-0.3, -0.25) is 0 Å². The maximum absolute atomic E-state index is 11.0. The number of nitrogens with zero attached hydrogens (tertiary/aromatic N) is 1. The molecule has 0 saturated carbocycles. The molecule has 0 aromatic carbocycles. The quantitative estimate of drug-likeness (QED) is 0.799. The minimum atomic E-state index is -1.02. The van der Waals surface area contributed by atoms with Crippen LogP contribution in [0, 0.1) is 6.92 Å². The third-order valence-corrected chi connectivity index (χ3v) is 2.22. The Kier molecular flexibility index (Phi) is 2.55. The van der Waals surface area contributed by atoms with Crippen LogP contribution < -0.4 is 4.74 Å². The highest BCUT2D eigenvalue weighted by molar-refractivity contribution is 5.91. The molecule has 1 N–H and O–H groups in total. The van der Waals surface area contributed by atoms with Crippen LogP contribution in [0.15, 0.2) is 12.3 Å². The SMILES string of the molecule is Cc1ccnc(OC2COC2)c1C(=O)O. The summed E-state index contributed by atoms with van der Waals surface area (Å²) in [7, 11) is 0. The highest BCUT2D eigenvalue weighted by atomic mass is 16.6. The first-order chi connectivity index (χ1) is 7.18. The fourth-order valence-electron chi connectivity index (χ4n) is 1.32. The lowest BCUT2D eigenvalue weighted by Gasteiger charge is -2.26. The Bertz CT molecular complexity index is 387. The van der Waals surface area contributed by atoms with Crippen LogP contribution in [0.4, 0.5) is 0 Å². The molecule has 0 radical (unpaired) electrons. The van der Waals surface area contributed by atoms with Crippen molar-refractivity contribution in [3.8, 4) is 5.88 Å². The summed E-state index contributed by atoms with van der Waals surface area (Å²) in [6.45, 7) is 2.71. The number of carboxylic acids is 1. The lowest BCUT2D eigenvalue weighted by atomic mass is 10.1. The molecule has 0 bridgehead atoms. The van der Waals surface area contributed by atoms with Gasteiger partial charge >= 0.3 is 5.97 Å². The number of pyridine rings is 1. The molecule has 15 heavy (non-hydrogen) atoms. The minimum Gasteiger partial charge on any atom is -0.477 e. The van der Waals surface area contributed by atoms with Gasteiger partial charge in [-0.15, -0.1) is 0 Å². The summed E-state index contributed by atoms with van der Waals surface area (Å²) in [6, 6.07) is 1.65. The highest BCUT2D eigenvalue weighted by Crippen LogP contribution is 2.21. The zero-order valence-corrected chi connectivity index (χ0v) is 8.27. The van der Waals surface area contributed by atoms with Gasteiger partial charge < -0.3 is 14.6 Å². The number of aromatic carboxylic acids is 1. The van der Waals surface area contributed by atoms with Gasteiger partial charge in [0.25, 0.3) is 0 Å². The van der Waals surface area contributed by atoms with E-state index < -0.39 is 5.97 Å². The van der Waals surface area contributed by atoms with Crippen molar-refractivity contribution in [3.05, 3.63) is 23.4 Å². The van der Waals surface area contributed by atoms with Crippen molar-refractivity contribution >= 4 is 5.97 Å². The standard InChI is InChI=1S/C10H11NO4/c1-6-2-3-11-9(8(6)10(12)13)15-7-4-14-5-7/h2-3,7H,4-5H2,1H3,(H,12,13). The maximum Gasteiger partial charge on any atom is 0.341 e. The summed E-state index contributed by atoms with van der Waals surface area (Å²) in [5.41, 5.74) is 0.775. The van der Waals surface area contributed by atoms with Crippen LogP contribution in [0.25, 0.3) is 0 Å². The number of rotatable bonds is 3. The summed E-state index contributed by atoms with van der Waals surface area (Å²) < 4.78 is 10.3. The highest BCUT2D eigenvalue weighted by Gasteiger charge is 2.24. The van der Waals surface area contributed by atoms with Crippen LogP contribution in [0.1, 0.15) is 15.9 Å². The Morgan fingerprint density at radius 3 is 2.93 bits per heavy atom. The molecule has 0 amide bonds. The van der Waals surface area contributed by atoms with Crippen LogP contribution in [0.2, 0.25) is 0 Å². The van der Waals surface area contributed by atoms with Gasteiger partial charge in [0.2, 0.25) is 5.88 Å². The fourth-order valence-corrected chi connectivity index (χ4v) is 1.32. The van der Waals surface area contributed by atoms with Gasteiger partial charge in [0, 0.05) is 6.20 Å². The van der Waals surface area contributed by atoms with Gasteiger partial charge in [-0.1, -0.05) is 0 Å². The molecule has 1 aliphatic rings. The average Bonchev–Trinajstić information content (AvgIpc) is 2.10. The minimum absolute atomic E-state index is 0.0719. The summed E-state index contributed by atoms with van der Waals surface area (Å²) in [5, 5.41) is 9.00. The van der Waals surface area contributed by atoms with E-state index in [-0.39, 0.29) is 17.5 Å². The summed E-state index contributed by atoms with van der Waals surface area (Å²) >= 11 is 0. The van der Waals surface area contributed by atoms with Crippen LogP contribution in [-0.4, -0.2) is 35.4 Å². The van der Waals surface area contributed by atoms with Crippen molar-refractivity contribution in [2.45, 2.75) is 13.0 Å². The van der Waals surface area contributed by atoms with Crippen molar-refractivity contribution in [1.29, 1.82) is 0 Å². The first-order valence-corrected chi connectivity index (χ1v) is 4.62. The predicted molar refractivity (Wildman–Crippen MR) is 51.2 cm³/mol. The molecular weight excluding hydrogens is 198 g/mol. The molecule has 0 unspecified atom stereocenters. The second-order valence-corrected chi connectivity index (χ2v) is 3.39. The number of aryl methyl sites for hydroxylation is 1. The number of aromatic nitrogens is 1. The Morgan fingerprint density at radius 2 is 2.40 bits per heavy atom. The Hall–Kier alpha value is -1.62. The zero-order chi connectivity index (χ0) is 10.8. The van der Waals surface area contributed by atoms with Gasteiger partial charge in [-0.25, -0.2) is 9.78 Å². The van der Waals surface area contributed by atoms with Gasteiger partial charge in [0.05, 0.1) is 13.2 Å². The first-order valence-electron chi connectivity index (χ1n) is 4.62. The Morgan fingerprint density at radius 1 is 1.67 bits per heavy atom. The number of carboxylic acid groups (broad SMARTS) is 1. The van der Waals surface area contributed by atoms with E-state index in [0.29, 0.717) is 18.8 Å². The monoisotopic (exact) mass is 209 g/mol. The molecule has 1 aliphatic heterocycles. The van der Waals surface area contributed by atoms with E-state index in [2.05, 4.69) is 4.98 Å². The molecule has 1 aromatic rings. The summed E-state index contributed by atoms with van der Waals surface area (Å²) in [6.07, 6.45) is 1.47. The summed E-state index contributed by atoms with van der Waals surface area (Å²) in [5.74, 6) is -0.841. The third kappa shape index (κ3) is 1.92. The molecule has 0 atom stereocenters. The molecule has 0 spiro atoms. The van der Waals surface area contributed by atoms with Crippen molar-refractivity contribution in [1.82, 2.24) is 4.98 Å². The van der Waals surface area contributed by atoms with E-state index in [1.54, 1.807) is 13.0 Å². The lowest BCUT2D eigenvalue weighted by molar-refractivity contribution is -0.0816. The maximum atomic E-state index is 11.0. The smallest absolute Gasteiger partial charge is 0.341 e. The topological polar surface area (TPSA) is 68.7 Å². The average molecular weight is 209 g/mol. The third-order valence-electron chi connectivity index (χ3n) is 2.22. The molecule has 2 heterocycles. The molecule has 2 rings (SSSR count). The van der Waals surface area contributed by atoms with Crippen molar-refractivity contribution in [2.75, 3.05) is 13.2 Å². The molecule has 80 valence electrons. The van der Waals surface area contributed by atoms with E-state index in [1.165, 1.54) is 6.20 Å². The molecule has 0 aliphatic carbocycles. The molecule has 1 aromatic heterocycles. The number of ether oxygens (including phenoxy) is 2. The molecule has 5 nitrogen and oxygen atoms in total. The Labute approximate surface area is 86.7 Å².